The summed E-state index contributed by atoms with van der Waals surface area (Å²) in [6.07, 6.45) is -4.18. The fourth-order valence-electron chi connectivity index (χ4n) is 1.82. The van der Waals surface area contributed by atoms with Gasteiger partial charge in [-0.05, 0) is 24.0 Å². The summed E-state index contributed by atoms with van der Waals surface area (Å²) in [6, 6.07) is 5.87. The molecule has 0 saturated carbocycles. The van der Waals surface area contributed by atoms with Gasteiger partial charge in [0, 0.05) is 6.54 Å². The lowest BCUT2D eigenvalue weighted by molar-refractivity contribution is -0.124. The van der Waals surface area contributed by atoms with Gasteiger partial charge in [0.15, 0.2) is 0 Å². The highest BCUT2D eigenvalue weighted by atomic mass is 19.4. The molecule has 5 heteroatoms. The van der Waals surface area contributed by atoms with Crippen molar-refractivity contribution in [2.75, 3.05) is 19.7 Å². The molecule has 0 aromatic heterocycles. The first-order chi connectivity index (χ1) is 9.09. The highest BCUT2D eigenvalue weighted by molar-refractivity contribution is 5.41. The number of benzene rings is 1. The van der Waals surface area contributed by atoms with Crippen molar-refractivity contribution in [1.29, 1.82) is 0 Å². The fourth-order valence-corrected chi connectivity index (χ4v) is 1.82. The van der Waals surface area contributed by atoms with Gasteiger partial charge in [-0.15, -0.1) is 0 Å². The van der Waals surface area contributed by atoms with E-state index in [1.54, 1.807) is 0 Å². The van der Waals surface area contributed by atoms with E-state index in [9.17, 15) is 13.2 Å². The highest BCUT2D eigenvalue weighted by Gasteiger charge is 2.26. The Labute approximate surface area is 118 Å². The molecule has 1 aromatic rings. The fraction of sp³-hybridized carbons (Fsp3) is 0.600. The monoisotopic (exact) mass is 289 g/mol. The van der Waals surface area contributed by atoms with Gasteiger partial charge in [0.2, 0.25) is 0 Å². The maximum atomic E-state index is 12.0. The van der Waals surface area contributed by atoms with Crippen LogP contribution in [0.25, 0.3) is 0 Å². The predicted octanol–water partition coefficient (Wildman–Crippen LogP) is 3.82. The standard InChI is InChI=1S/C15H22F3NO/c1-11-5-6-13(12(9-11)14(2,3)4)20-8-7-19-10-15(16,17)18/h5-6,9,19H,7-8,10H2,1-4H3. The Balaban J connectivity index is 2.56. The summed E-state index contributed by atoms with van der Waals surface area (Å²) < 4.78 is 41.5. The number of aryl methyl sites for hydroxylation is 1. The topological polar surface area (TPSA) is 21.3 Å². The van der Waals surface area contributed by atoms with E-state index in [4.69, 9.17) is 4.74 Å². The Hall–Kier alpha value is -1.23. The highest BCUT2D eigenvalue weighted by Crippen LogP contribution is 2.32. The molecule has 0 aliphatic rings. The molecular weight excluding hydrogens is 267 g/mol. The Kier molecular flexibility index (Phi) is 5.45. The van der Waals surface area contributed by atoms with E-state index in [-0.39, 0.29) is 18.6 Å². The zero-order valence-corrected chi connectivity index (χ0v) is 12.4. The van der Waals surface area contributed by atoms with Crippen LogP contribution in [0.3, 0.4) is 0 Å². The van der Waals surface area contributed by atoms with Crippen molar-refractivity contribution in [2.45, 2.75) is 39.3 Å². The van der Waals surface area contributed by atoms with Crippen LogP contribution in [0.5, 0.6) is 5.75 Å². The van der Waals surface area contributed by atoms with Gasteiger partial charge < -0.3 is 10.1 Å². The van der Waals surface area contributed by atoms with Crippen LogP contribution in [0.15, 0.2) is 18.2 Å². The minimum atomic E-state index is -4.18. The summed E-state index contributed by atoms with van der Waals surface area (Å²) in [7, 11) is 0. The second-order valence-electron chi connectivity index (χ2n) is 5.89. The molecule has 0 aliphatic carbocycles. The molecule has 0 spiro atoms. The number of nitrogens with one attached hydrogen (secondary N) is 1. The molecule has 0 bridgehead atoms. The molecule has 0 unspecified atom stereocenters. The van der Waals surface area contributed by atoms with E-state index in [2.05, 4.69) is 32.2 Å². The molecule has 0 heterocycles. The third-order valence-electron chi connectivity index (χ3n) is 2.80. The summed E-state index contributed by atoms with van der Waals surface area (Å²) in [5.41, 5.74) is 2.13. The van der Waals surface area contributed by atoms with Crippen LogP contribution in [0.4, 0.5) is 13.2 Å². The van der Waals surface area contributed by atoms with Crippen molar-refractivity contribution in [2.24, 2.45) is 0 Å². The van der Waals surface area contributed by atoms with E-state index in [1.807, 2.05) is 19.1 Å². The lowest BCUT2D eigenvalue weighted by Crippen LogP contribution is -2.31. The maximum absolute atomic E-state index is 12.0. The van der Waals surface area contributed by atoms with Gasteiger partial charge in [-0.25, -0.2) is 0 Å². The van der Waals surface area contributed by atoms with Gasteiger partial charge in [0.05, 0.1) is 6.54 Å². The first-order valence-corrected chi connectivity index (χ1v) is 6.61. The first-order valence-electron chi connectivity index (χ1n) is 6.61. The zero-order valence-electron chi connectivity index (χ0n) is 12.4. The molecule has 0 radical (unpaired) electrons. The lowest BCUT2D eigenvalue weighted by atomic mass is 9.85. The molecule has 0 saturated heterocycles. The van der Waals surface area contributed by atoms with Crippen molar-refractivity contribution >= 4 is 0 Å². The molecule has 2 nitrogen and oxygen atoms in total. The molecule has 0 aliphatic heterocycles. The van der Waals surface area contributed by atoms with Crippen molar-refractivity contribution in [3.05, 3.63) is 29.3 Å². The number of alkyl halides is 3. The number of hydrogen-bond acceptors (Lipinski definition) is 2. The van der Waals surface area contributed by atoms with Crippen LogP contribution in [0.2, 0.25) is 0 Å². The molecule has 1 aromatic carbocycles. The van der Waals surface area contributed by atoms with Crippen LogP contribution >= 0.6 is 0 Å². The molecule has 114 valence electrons. The summed E-state index contributed by atoms with van der Waals surface area (Å²) in [4.78, 5) is 0. The Morgan fingerprint density at radius 2 is 1.80 bits per heavy atom. The van der Waals surface area contributed by atoms with Gasteiger partial charge in [-0.2, -0.15) is 13.2 Å². The summed E-state index contributed by atoms with van der Waals surface area (Å²) in [5, 5.41) is 2.32. The number of hydrogen-bond donors (Lipinski definition) is 1. The second-order valence-corrected chi connectivity index (χ2v) is 5.89. The van der Waals surface area contributed by atoms with Crippen LogP contribution in [-0.2, 0) is 5.41 Å². The Morgan fingerprint density at radius 1 is 1.15 bits per heavy atom. The van der Waals surface area contributed by atoms with Crippen LogP contribution < -0.4 is 10.1 Å². The van der Waals surface area contributed by atoms with Gasteiger partial charge in [-0.1, -0.05) is 38.5 Å². The van der Waals surface area contributed by atoms with E-state index in [0.717, 1.165) is 16.9 Å². The third-order valence-corrected chi connectivity index (χ3v) is 2.80. The average Bonchev–Trinajstić information content (AvgIpc) is 2.27. The van der Waals surface area contributed by atoms with Crippen molar-refractivity contribution in [3.63, 3.8) is 0 Å². The molecule has 1 N–H and O–H groups in total. The van der Waals surface area contributed by atoms with Crippen molar-refractivity contribution in [1.82, 2.24) is 5.32 Å². The van der Waals surface area contributed by atoms with Gasteiger partial charge in [-0.3, -0.25) is 0 Å². The predicted molar refractivity (Wildman–Crippen MR) is 74.3 cm³/mol. The largest absolute Gasteiger partial charge is 0.492 e. The second kappa shape index (κ2) is 6.48. The molecular formula is C15H22F3NO. The Bertz CT molecular complexity index is 436. The van der Waals surface area contributed by atoms with E-state index >= 15 is 0 Å². The SMILES string of the molecule is Cc1ccc(OCCNCC(F)(F)F)c(C(C)(C)C)c1. The van der Waals surface area contributed by atoms with E-state index < -0.39 is 12.7 Å². The van der Waals surface area contributed by atoms with E-state index in [0.29, 0.717) is 0 Å². The van der Waals surface area contributed by atoms with E-state index in [1.165, 1.54) is 0 Å². The third kappa shape index (κ3) is 5.82. The first kappa shape index (κ1) is 16.8. The lowest BCUT2D eigenvalue weighted by Gasteiger charge is -2.23. The van der Waals surface area contributed by atoms with Gasteiger partial charge in [0.1, 0.15) is 12.4 Å². The molecule has 20 heavy (non-hydrogen) atoms. The molecule has 0 fully saturated rings. The number of ether oxygens (including phenoxy) is 1. The quantitative estimate of drug-likeness (QED) is 0.832. The van der Waals surface area contributed by atoms with Crippen molar-refractivity contribution < 1.29 is 17.9 Å². The molecule has 0 amide bonds. The summed E-state index contributed by atoms with van der Waals surface area (Å²) >= 11 is 0. The minimum absolute atomic E-state index is 0.0687. The van der Waals surface area contributed by atoms with Crippen LogP contribution in [0, 0.1) is 6.92 Å². The zero-order chi connectivity index (χ0) is 15.4. The van der Waals surface area contributed by atoms with Gasteiger partial charge in [0.25, 0.3) is 0 Å². The number of halogens is 3. The molecule has 1 rings (SSSR count). The number of rotatable bonds is 5. The van der Waals surface area contributed by atoms with Crippen LogP contribution in [0.1, 0.15) is 31.9 Å². The average molecular weight is 289 g/mol. The Morgan fingerprint density at radius 3 is 2.35 bits per heavy atom. The van der Waals surface area contributed by atoms with Crippen molar-refractivity contribution in [3.8, 4) is 5.75 Å². The summed E-state index contributed by atoms with van der Waals surface area (Å²) in [5.74, 6) is 0.733. The smallest absolute Gasteiger partial charge is 0.401 e. The molecule has 0 atom stereocenters. The van der Waals surface area contributed by atoms with Crippen LogP contribution in [-0.4, -0.2) is 25.9 Å². The maximum Gasteiger partial charge on any atom is 0.401 e. The normalized spacial score (nSPS) is 12.6. The summed E-state index contributed by atoms with van der Waals surface area (Å²) in [6.45, 7) is 7.63. The minimum Gasteiger partial charge on any atom is -0.492 e. The van der Waals surface area contributed by atoms with Gasteiger partial charge >= 0.3 is 6.18 Å².